The van der Waals surface area contributed by atoms with Gasteiger partial charge in [-0.15, -0.1) is 0 Å². The Labute approximate surface area is 167 Å². The Bertz CT molecular complexity index is 909. The molecule has 0 saturated heterocycles. The molecule has 0 aliphatic carbocycles. The lowest BCUT2D eigenvalue weighted by molar-refractivity contribution is 0.304. The third-order valence-electron chi connectivity index (χ3n) is 5.08. The first-order valence-electron chi connectivity index (χ1n) is 10.5. The van der Waals surface area contributed by atoms with E-state index in [1.54, 1.807) is 6.07 Å². The van der Waals surface area contributed by atoms with Gasteiger partial charge in [0.15, 0.2) is 0 Å². The first kappa shape index (κ1) is 20.2. The van der Waals surface area contributed by atoms with Gasteiger partial charge in [0.25, 0.3) is 0 Å². The summed E-state index contributed by atoms with van der Waals surface area (Å²) in [4.78, 5) is 12.1. The van der Waals surface area contributed by atoms with Crippen LogP contribution in [0, 0.1) is 0 Å². The minimum atomic E-state index is -0.303. The Morgan fingerprint density at radius 3 is 2.25 bits per heavy atom. The second kappa shape index (κ2) is 10.7. The molecule has 3 aromatic rings. The molecule has 0 N–H and O–H groups in total. The zero-order valence-corrected chi connectivity index (χ0v) is 16.8. The van der Waals surface area contributed by atoms with Crippen molar-refractivity contribution in [3.63, 3.8) is 0 Å². The molecule has 1 heterocycles. The van der Waals surface area contributed by atoms with Gasteiger partial charge in [-0.05, 0) is 48.2 Å². The van der Waals surface area contributed by atoms with Crippen LogP contribution < -0.4 is 10.4 Å². The summed E-state index contributed by atoms with van der Waals surface area (Å²) in [5, 5.41) is 1.50. The van der Waals surface area contributed by atoms with Gasteiger partial charge in [0.2, 0.25) is 0 Å². The summed E-state index contributed by atoms with van der Waals surface area (Å²) < 4.78 is 11.3. The summed E-state index contributed by atoms with van der Waals surface area (Å²) in [6.45, 7) is 3.00. The monoisotopic (exact) mass is 378 g/mol. The van der Waals surface area contributed by atoms with Crippen LogP contribution in [0.2, 0.25) is 0 Å². The normalized spacial score (nSPS) is 11.0. The van der Waals surface area contributed by atoms with Gasteiger partial charge in [-0.3, -0.25) is 0 Å². The van der Waals surface area contributed by atoms with Crippen molar-refractivity contribution < 1.29 is 9.15 Å². The Morgan fingerprint density at radius 2 is 1.50 bits per heavy atom. The smallest absolute Gasteiger partial charge is 0.344 e. The molecule has 0 fully saturated rings. The maximum atomic E-state index is 12.1. The predicted octanol–water partition coefficient (Wildman–Crippen LogP) is 6.98. The van der Waals surface area contributed by atoms with Crippen LogP contribution in [-0.2, 0) is 0 Å². The molecule has 0 aliphatic rings. The molecule has 2 aromatic carbocycles. The van der Waals surface area contributed by atoms with E-state index in [0.29, 0.717) is 11.1 Å². The van der Waals surface area contributed by atoms with Crippen LogP contribution in [0.5, 0.6) is 5.75 Å². The molecule has 0 spiro atoms. The lowest BCUT2D eigenvalue weighted by atomic mass is 10.1. The highest BCUT2D eigenvalue weighted by atomic mass is 16.5. The molecule has 3 nitrogen and oxygen atoms in total. The van der Waals surface area contributed by atoms with Crippen molar-refractivity contribution in [3.8, 4) is 17.1 Å². The summed E-state index contributed by atoms with van der Waals surface area (Å²) in [5.74, 6) is 1.44. The summed E-state index contributed by atoms with van der Waals surface area (Å²) >= 11 is 0. The highest BCUT2D eigenvalue weighted by molar-refractivity contribution is 5.84. The molecular formula is C25H30O3. The van der Waals surface area contributed by atoms with E-state index in [9.17, 15) is 4.79 Å². The lowest BCUT2D eigenvalue weighted by Gasteiger charge is -2.07. The molecule has 3 heteroatoms. The molecule has 0 unspecified atom stereocenters. The second-order valence-electron chi connectivity index (χ2n) is 7.33. The minimum Gasteiger partial charge on any atom is -0.494 e. The van der Waals surface area contributed by atoms with Crippen LogP contribution in [0.25, 0.3) is 22.1 Å². The number of hydrogen-bond donors (Lipinski definition) is 0. The Balaban J connectivity index is 1.47. The molecule has 0 bridgehead atoms. The largest absolute Gasteiger partial charge is 0.494 e. The van der Waals surface area contributed by atoms with Gasteiger partial charge in [0.05, 0.1) is 12.0 Å². The maximum absolute atomic E-state index is 12.1. The van der Waals surface area contributed by atoms with Crippen molar-refractivity contribution in [1.29, 1.82) is 0 Å². The van der Waals surface area contributed by atoms with E-state index in [4.69, 9.17) is 9.15 Å². The maximum Gasteiger partial charge on any atom is 0.344 e. The van der Waals surface area contributed by atoms with Gasteiger partial charge in [0.1, 0.15) is 11.5 Å². The van der Waals surface area contributed by atoms with Crippen molar-refractivity contribution in [3.05, 3.63) is 65.0 Å². The van der Waals surface area contributed by atoms with Gasteiger partial charge in [-0.2, -0.15) is 0 Å². The van der Waals surface area contributed by atoms with Crippen molar-refractivity contribution in [2.75, 3.05) is 6.61 Å². The molecule has 3 rings (SSSR count). The molecule has 0 radical (unpaired) electrons. The van der Waals surface area contributed by atoms with Gasteiger partial charge in [-0.25, -0.2) is 4.79 Å². The first-order chi connectivity index (χ1) is 13.8. The van der Waals surface area contributed by atoms with Crippen LogP contribution in [-0.4, -0.2) is 6.61 Å². The van der Waals surface area contributed by atoms with Crippen molar-refractivity contribution in [2.24, 2.45) is 0 Å². The van der Waals surface area contributed by atoms with E-state index in [0.717, 1.165) is 29.7 Å². The first-order valence-corrected chi connectivity index (χ1v) is 10.5. The predicted molar refractivity (Wildman–Crippen MR) is 116 cm³/mol. The molecule has 28 heavy (non-hydrogen) atoms. The molecule has 148 valence electrons. The summed E-state index contributed by atoms with van der Waals surface area (Å²) in [6, 6.07) is 17.2. The van der Waals surface area contributed by atoms with Gasteiger partial charge in [-0.1, -0.05) is 70.1 Å². The van der Waals surface area contributed by atoms with E-state index >= 15 is 0 Å². The Kier molecular flexibility index (Phi) is 7.71. The zero-order chi connectivity index (χ0) is 19.6. The van der Waals surface area contributed by atoms with E-state index < -0.39 is 0 Å². The van der Waals surface area contributed by atoms with Crippen LogP contribution >= 0.6 is 0 Å². The highest BCUT2D eigenvalue weighted by Crippen LogP contribution is 2.24. The Morgan fingerprint density at radius 1 is 0.821 bits per heavy atom. The third-order valence-corrected chi connectivity index (χ3v) is 5.08. The molecule has 0 amide bonds. The molecule has 0 atom stereocenters. The zero-order valence-electron chi connectivity index (χ0n) is 16.8. The molecule has 0 saturated carbocycles. The number of hydrogen-bond acceptors (Lipinski definition) is 3. The third kappa shape index (κ3) is 5.72. The quantitative estimate of drug-likeness (QED) is 0.338. The number of benzene rings is 2. The van der Waals surface area contributed by atoms with Gasteiger partial charge >= 0.3 is 5.63 Å². The van der Waals surface area contributed by atoms with Crippen LogP contribution in [0.4, 0.5) is 0 Å². The fourth-order valence-corrected chi connectivity index (χ4v) is 3.42. The van der Waals surface area contributed by atoms with Crippen molar-refractivity contribution >= 4 is 10.8 Å². The van der Waals surface area contributed by atoms with E-state index in [-0.39, 0.29) is 5.63 Å². The van der Waals surface area contributed by atoms with Crippen LogP contribution in [0.1, 0.15) is 58.3 Å². The lowest BCUT2D eigenvalue weighted by Crippen LogP contribution is -2.00. The number of ether oxygens (including phenoxy) is 1. The minimum absolute atomic E-state index is 0.303. The van der Waals surface area contributed by atoms with E-state index in [1.807, 2.05) is 48.5 Å². The molecular weight excluding hydrogens is 348 g/mol. The average molecular weight is 379 g/mol. The van der Waals surface area contributed by atoms with Crippen LogP contribution in [0.3, 0.4) is 0 Å². The van der Waals surface area contributed by atoms with Gasteiger partial charge < -0.3 is 9.15 Å². The fraction of sp³-hybridized carbons (Fsp3) is 0.400. The summed E-state index contributed by atoms with van der Waals surface area (Å²) in [6.07, 6.45) is 10.4. The standard InChI is InChI=1S/C25H30O3/c1-2-3-4-5-6-7-8-11-18-27-22-16-14-20(15-17-22)24-19-21-12-9-10-13-23(21)25(26)28-24/h9-10,12-17,19H,2-8,11,18H2,1H3. The summed E-state index contributed by atoms with van der Waals surface area (Å²) in [5.41, 5.74) is 0.574. The summed E-state index contributed by atoms with van der Waals surface area (Å²) in [7, 11) is 0. The topological polar surface area (TPSA) is 39.4 Å². The van der Waals surface area contributed by atoms with E-state index in [2.05, 4.69) is 6.92 Å². The molecule has 1 aromatic heterocycles. The number of unbranched alkanes of at least 4 members (excludes halogenated alkanes) is 7. The van der Waals surface area contributed by atoms with Gasteiger partial charge in [0, 0.05) is 5.56 Å². The highest BCUT2D eigenvalue weighted by Gasteiger charge is 2.06. The Hall–Kier alpha value is -2.55. The number of rotatable bonds is 11. The molecule has 0 aliphatic heterocycles. The van der Waals surface area contributed by atoms with Crippen molar-refractivity contribution in [1.82, 2.24) is 0 Å². The van der Waals surface area contributed by atoms with Crippen molar-refractivity contribution in [2.45, 2.75) is 58.3 Å². The SMILES string of the molecule is CCCCCCCCCCOc1ccc(-c2cc3ccccc3c(=O)o2)cc1. The van der Waals surface area contributed by atoms with E-state index in [1.165, 1.54) is 44.9 Å². The fourth-order valence-electron chi connectivity index (χ4n) is 3.42. The number of fused-ring (bicyclic) bond motifs is 1. The second-order valence-corrected chi connectivity index (χ2v) is 7.33. The van der Waals surface area contributed by atoms with Crippen LogP contribution in [0.15, 0.2) is 63.8 Å². The average Bonchev–Trinajstić information content (AvgIpc) is 2.73.